The Morgan fingerprint density at radius 1 is 1.50 bits per heavy atom. The van der Waals surface area contributed by atoms with E-state index in [1.54, 1.807) is 12.4 Å². The van der Waals surface area contributed by atoms with Gasteiger partial charge in [-0.1, -0.05) is 0 Å². The van der Waals surface area contributed by atoms with Crippen LogP contribution in [-0.2, 0) is 6.54 Å². The van der Waals surface area contributed by atoms with Gasteiger partial charge in [-0.3, -0.25) is 0 Å². The van der Waals surface area contributed by atoms with Gasteiger partial charge in [-0.05, 0) is 7.05 Å². The number of carbonyl (C=O) groups is 1. The molecule has 88 valence electrons. The van der Waals surface area contributed by atoms with Crippen LogP contribution in [0.3, 0.4) is 0 Å². The van der Waals surface area contributed by atoms with E-state index in [4.69, 9.17) is 0 Å². The van der Waals surface area contributed by atoms with Crippen LogP contribution in [-0.4, -0.2) is 59.0 Å². The molecule has 2 rings (SSSR count). The molecule has 1 aliphatic heterocycles. The average molecular weight is 223 g/mol. The summed E-state index contributed by atoms with van der Waals surface area (Å²) in [5.41, 5.74) is 0. The Morgan fingerprint density at radius 3 is 2.88 bits per heavy atom. The van der Waals surface area contributed by atoms with Crippen molar-refractivity contribution in [3.05, 3.63) is 18.2 Å². The molecule has 0 spiro atoms. The van der Waals surface area contributed by atoms with Gasteiger partial charge in [-0.25, -0.2) is 9.78 Å². The summed E-state index contributed by atoms with van der Waals surface area (Å²) in [6.45, 7) is 3.92. The molecular weight excluding hydrogens is 206 g/mol. The molecule has 0 saturated carbocycles. The highest BCUT2D eigenvalue weighted by atomic mass is 16.2. The molecule has 6 heteroatoms. The van der Waals surface area contributed by atoms with E-state index >= 15 is 0 Å². The van der Waals surface area contributed by atoms with Crippen molar-refractivity contribution >= 4 is 6.03 Å². The van der Waals surface area contributed by atoms with Crippen LogP contribution in [0.4, 0.5) is 4.79 Å². The summed E-state index contributed by atoms with van der Waals surface area (Å²) in [6, 6.07) is -0.00972. The van der Waals surface area contributed by atoms with Gasteiger partial charge in [-0.2, -0.15) is 0 Å². The van der Waals surface area contributed by atoms with Crippen LogP contribution in [0, 0.1) is 0 Å². The summed E-state index contributed by atoms with van der Waals surface area (Å²) >= 11 is 0. The molecule has 2 heterocycles. The lowest BCUT2D eigenvalue weighted by atomic mass is 10.3. The maximum absolute atomic E-state index is 11.8. The minimum Gasteiger partial charge on any atom is -0.347 e. The summed E-state index contributed by atoms with van der Waals surface area (Å²) in [6.07, 6.45) is 3.43. The minimum absolute atomic E-state index is 0.00972. The number of nitrogens with one attached hydrogen (secondary N) is 2. The molecule has 1 aromatic rings. The van der Waals surface area contributed by atoms with Gasteiger partial charge in [0.1, 0.15) is 5.82 Å². The normalized spacial score (nSPS) is 17.4. The molecule has 16 heavy (non-hydrogen) atoms. The zero-order valence-electron chi connectivity index (χ0n) is 9.44. The Balaban J connectivity index is 1.75. The number of H-pyrrole nitrogens is 1. The van der Waals surface area contributed by atoms with E-state index in [0.29, 0.717) is 6.54 Å². The van der Waals surface area contributed by atoms with Gasteiger partial charge in [0.25, 0.3) is 0 Å². The third-order valence-corrected chi connectivity index (χ3v) is 2.75. The van der Waals surface area contributed by atoms with Crippen LogP contribution >= 0.6 is 0 Å². The number of rotatable bonds is 2. The first-order valence-electron chi connectivity index (χ1n) is 5.45. The smallest absolute Gasteiger partial charge is 0.317 e. The maximum atomic E-state index is 11.8. The first-order chi connectivity index (χ1) is 7.75. The largest absolute Gasteiger partial charge is 0.347 e. The fraction of sp³-hybridized carbons (Fsp3) is 0.600. The summed E-state index contributed by atoms with van der Waals surface area (Å²) in [5, 5.41) is 2.84. The molecule has 1 aliphatic rings. The molecule has 0 aliphatic carbocycles. The summed E-state index contributed by atoms with van der Waals surface area (Å²) in [5.74, 6) is 0.780. The Bertz CT molecular complexity index is 329. The number of aromatic amines is 1. The second-order valence-electron chi connectivity index (χ2n) is 3.98. The Hall–Kier alpha value is -1.56. The van der Waals surface area contributed by atoms with Crippen molar-refractivity contribution in [2.75, 3.05) is 33.2 Å². The molecule has 0 atom stereocenters. The molecule has 2 amide bonds. The number of amides is 2. The number of carbonyl (C=O) groups excluding carboxylic acids is 1. The number of hydrogen-bond donors (Lipinski definition) is 2. The molecule has 0 bridgehead atoms. The quantitative estimate of drug-likeness (QED) is 0.734. The van der Waals surface area contributed by atoms with E-state index in [1.165, 1.54) is 0 Å². The molecule has 0 aromatic carbocycles. The van der Waals surface area contributed by atoms with Gasteiger partial charge in [0, 0.05) is 38.6 Å². The number of imidazole rings is 1. The first-order valence-corrected chi connectivity index (χ1v) is 5.45. The molecule has 0 radical (unpaired) electrons. The van der Waals surface area contributed by atoms with Crippen LogP contribution in [0.1, 0.15) is 5.82 Å². The molecule has 1 fully saturated rings. The Morgan fingerprint density at radius 2 is 2.25 bits per heavy atom. The van der Waals surface area contributed by atoms with Crippen molar-refractivity contribution < 1.29 is 4.79 Å². The number of aromatic nitrogens is 2. The van der Waals surface area contributed by atoms with E-state index in [-0.39, 0.29) is 6.03 Å². The Labute approximate surface area is 94.6 Å². The fourth-order valence-electron chi connectivity index (χ4n) is 1.68. The van der Waals surface area contributed by atoms with Crippen LogP contribution in [0.5, 0.6) is 0 Å². The highest BCUT2D eigenvalue weighted by Crippen LogP contribution is 1.99. The first kappa shape index (κ1) is 10.9. The maximum Gasteiger partial charge on any atom is 0.317 e. The lowest BCUT2D eigenvalue weighted by molar-refractivity contribution is 0.154. The number of nitrogens with zero attached hydrogens (tertiary/aromatic N) is 3. The zero-order valence-corrected chi connectivity index (χ0v) is 9.44. The van der Waals surface area contributed by atoms with E-state index in [2.05, 4.69) is 27.2 Å². The highest BCUT2D eigenvalue weighted by Gasteiger charge is 2.18. The van der Waals surface area contributed by atoms with E-state index in [9.17, 15) is 4.79 Å². The van der Waals surface area contributed by atoms with Crippen molar-refractivity contribution in [2.24, 2.45) is 0 Å². The van der Waals surface area contributed by atoms with Crippen molar-refractivity contribution in [3.8, 4) is 0 Å². The summed E-state index contributed by atoms with van der Waals surface area (Å²) in [7, 11) is 2.07. The van der Waals surface area contributed by atoms with Crippen LogP contribution in [0.2, 0.25) is 0 Å². The minimum atomic E-state index is -0.00972. The average Bonchev–Trinajstić information content (AvgIpc) is 2.80. The Kier molecular flexibility index (Phi) is 3.40. The lowest BCUT2D eigenvalue weighted by Gasteiger charge is -2.32. The monoisotopic (exact) mass is 223 g/mol. The molecule has 2 N–H and O–H groups in total. The highest BCUT2D eigenvalue weighted by molar-refractivity contribution is 5.74. The third-order valence-electron chi connectivity index (χ3n) is 2.75. The fourth-order valence-corrected chi connectivity index (χ4v) is 1.68. The van der Waals surface area contributed by atoms with Gasteiger partial charge in [0.2, 0.25) is 0 Å². The lowest BCUT2D eigenvalue weighted by Crippen LogP contribution is -2.50. The zero-order chi connectivity index (χ0) is 11.4. The van der Waals surface area contributed by atoms with Crippen molar-refractivity contribution in [1.29, 1.82) is 0 Å². The van der Waals surface area contributed by atoms with Gasteiger partial charge in [0.15, 0.2) is 0 Å². The molecular formula is C10H17N5O. The van der Waals surface area contributed by atoms with Crippen LogP contribution in [0.15, 0.2) is 12.4 Å². The number of hydrogen-bond acceptors (Lipinski definition) is 3. The summed E-state index contributed by atoms with van der Waals surface area (Å²) < 4.78 is 0. The standard InChI is InChI=1S/C10H17N5O/c1-14-4-6-15(7-5-14)10(16)13-8-9-11-2-3-12-9/h2-3H,4-8H2,1H3,(H,11,12)(H,13,16). The molecule has 6 nitrogen and oxygen atoms in total. The number of urea groups is 1. The second kappa shape index (κ2) is 4.98. The van der Waals surface area contributed by atoms with Crippen LogP contribution < -0.4 is 5.32 Å². The molecule has 1 saturated heterocycles. The van der Waals surface area contributed by atoms with E-state index in [1.807, 2.05) is 4.90 Å². The SMILES string of the molecule is CN1CCN(C(=O)NCc2ncc[nH]2)CC1. The van der Waals surface area contributed by atoms with Gasteiger partial charge in [0.05, 0.1) is 6.54 Å². The molecule has 1 aromatic heterocycles. The van der Waals surface area contributed by atoms with Crippen molar-refractivity contribution in [3.63, 3.8) is 0 Å². The topological polar surface area (TPSA) is 64.3 Å². The van der Waals surface area contributed by atoms with Gasteiger partial charge in [-0.15, -0.1) is 0 Å². The van der Waals surface area contributed by atoms with Gasteiger partial charge >= 0.3 is 6.03 Å². The second-order valence-corrected chi connectivity index (χ2v) is 3.98. The van der Waals surface area contributed by atoms with E-state index in [0.717, 1.165) is 32.0 Å². The van der Waals surface area contributed by atoms with Crippen LogP contribution in [0.25, 0.3) is 0 Å². The third kappa shape index (κ3) is 2.73. The molecule has 0 unspecified atom stereocenters. The van der Waals surface area contributed by atoms with Gasteiger partial charge < -0.3 is 20.1 Å². The van der Waals surface area contributed by atoms with Crippen molar-refractivity contribution in [2.45, 2.75) is 6.54 Å². The number of piperazine rings is 1. The predicted molar refractivity (Wildman–Crippen MR) is 59.9 cm³/mol. The van der Waals surface area contributed by atoms with Crippen molar-refractivity contribution in [1.82, 2.24) is 25.1 Å². The summed E-state index contributed by atoms with van der Waals surface area (Å²) in [4.78, 5) is 22.8. The number of likely N-dealkylation sites (N-methyl/N-ethyl adjacent to an activating group) is 1. The van der Waals surface area contributed by atoms with E-state index < -0.39 is 0 Å². The predicted octanol–water partition coefficient (Wildman–Crippen LogP) is -0.133.